The fourth-order valence-electron chi connectivity index (χ4n) is 1.97. The van der Waals surface area contributed by atoms with Crippen molar-refractivity contribution in [1.82, 2.24) is 9.97 Å². The second-order valence-electron chi connectivity index (χ2n) is 4.24. The Bertz CT molecular complexity index is 761. The number of nitrogens with one attached hydrogen (secondary N) is 1. The van der Waals surface area contributed by atoms with E-state index in [4.69, 9.17) is 0 Å². The van der Waals surface area contributed by atoms with Crippen LogP contribution in [0.1, 0.15) is 0 Å². The summed E-state index contributed by atoms with van der Waals surface area (Å²) in [4.78, 5) is 9.85. The van der Waals surface area contributed by atoms with E-state index < -0.39 is 0 Å². The molecular weight excluding hydrogens is 334 g/mol. The third kappa shape index (κ3) is 2.78. The van der Waals surface area contributed by atoms with Crippen LogP contribution < -0.4 is 5.32 Å². The zero-order valence-corrected chi connectivity index (χ0v) is 13.2. The summed E-state index contributed by atoms with van der Waals surface area (Å²) in [6.45, 7) is 0. The van der Waals surface area contributed by atoms with Crippen LogP contribution in [0, 0.1) is 0 Å². The summed E-state index contributed by atoms with van der Waals surface area (Å²) in [7, 11) is 0. The maximum Gasteiger partial charge on any atom is 0.141 e. The summed E-state index contributed by atoms with van der Waals surface area (Å²) in [6.07, 6.45) is 3.65. The molecule has 0 atom stereocenters. The number of thioether (sulfide) groups is 1. The summed E-state index contributed by atoms with van der Waals surface area (Å²) in [6, 6.07) is 14.2. The fourth-order valence-corrected chi connectivity index (χ4v) is 2.79. The molecule has 0 amide bonds. The number of aromatic nitrogens is 2. The lowest BCUT2D eigenvalue weighted by Gasteiger charge is -2.09. The van der Waals surface area contributed by atoms with E-state index in [2.05, 4.69) is 49.6 Å². The van der Waals surface area contributed by atoms with E-state index in [1.165, 1.54) is 4.90 Å². The van der Waals surface area contributed by atoms with Crippen LogP contribution in [-0.2, 0) is 0 Å². The van der Waals surface area contributed by atoms with Crippen LogP contribution in [0.3, 0.4) is 0 Å². The highest BCUT2D eigenvalue weighted by Gasteiger charge is 2.05. The Balaban J connectivity index is 2.03. The second kappa shape index (κ2) is 5.81. The van der Waals surface area contributed by atoms with E-state index in [1.54, 1.807) is 18.1 Å². The zero-order chi connectivity index (χ0) is 13.9. The lowest BCUT2D eigenvalue weighted by molar-refractivity contribution is 1.22. The van der Waals surface area contributed by atoms with Crippen LogP contribution in [0.4, 0.5) is 11.5 Å². The van der Waals surface area contributed by atoms with Crippen LogP contribution in [0.5, 0.6) is 0 Å². The Hall–Kier alpha value is -1.59. The molecule has 0 aliphatic heterocycles. The molecule has 1 heterocycles. The minimum absolute atomic E-state index is 0.814. The maximum atomic E-state index is 4.35. The number of hydrogen-bond acceptors (Lipinski definition) is 4. The minimum atomic E-state index is 0.814. The molecule has 20 heavy (non-hydrogen) atoms. The van der Waals surface area contributed by atoms with Crippen LogP contribution in [-0.4, -0.2) is 16.2 Å². The van der Waals surface area contributed by atoms with E-state index in [0.717, 1.165) is 26.9 Å². The Morgan fingerprint density at radius 2 is 2.00 bits per heavy atom. The maximum absolute atomic E-state index is 4.35. The number of fused-ring (bicyclic) bond motifs is 1. The van der Waals surface area contributed by atoms with Gasteiger partial charge in [-0.2, -0.15) is 0 Å². The molecule has 0 radical (unpaired) electrons. The second-order valence-corrected chi connectivity index (χ2v) is 6.04. The van der Waals surface area contributed by atoms with Crippen LogP contribution in [0.15, 0.2) is 58.2 Å². The van der Waals surface area contributed by atoms with Crippen molar-refractivity contribution in [1.29, 1.82) is 0 Å². The van der Waals surface area contributed by atoms with Gasteiger partial charge in [-0.15, -0.1) is 11.8 Å². The number of hydrogen-bond donors (Lipinski definition) is 1. The number of benzene rings is 2. The predicted molar refractivity (Wildman–Crippen MR) is 88.7 cm³/mol. The Labute approximate surface area is 130 Å². The molecule has 0 aliphatic rings. The first-order valence-electron chi connectivity index (χ1n) is 6.07. The van der Waals surface area contributed by atoms with Gasteiger partial charge in [0.1, 0.15) is 12.1 Å². The average Bonchev–Trinajstić information content (AvgIpc) is 2.48. The largest absolute Gasteiger partial charge is 0.340 e. The number of halogens is 1. The molecule has 1 N–H and O–H groups in total. The first-order chi connectivity index (χ1) is 9.76. The van der Waals surface area contributed by atoms with E-state index in [9.17, 15) is 0 Å². The van der Waals surface area contributed by atoms with Gasteiger partial charge in [-0.25, -0.2) is 9.97 Å². The van der Waals surface area contributed by atoms with Crippen molar-refractivity contribution in [2.45, 2.75) is 4.90 Å². The van der Waals surface area contributed by atoms with E-state index in [-0.39, 0.29) is 0 Å². The molecule has 0 bridgehead atoms. The van der Waals surface area contributed by atoms with Gasteiger partial charge in [0.15, 0.2) is 0 Å². The molecule has 100 valence electrons. The van der Waals surface area contributed by atoms with Crippen molar-refractivity contribution in [3.8, 4) is 0 Å². The summed E-state index contributed by atoms with van der Waals surface area (Å²) in [5.74, 6) is 0.814. The molecule has 0 aliphatic carbocycles. The predicted octanol–water partition coefficient (Wildman–Crippen LogP) is 4.86. The number of rotatable bonds is 3. The molecule has 1 aromatic heterocycles. The van der Waals surface area contributed by atoms with Gasteiger partial charge in [-0.3, -0.25) is 0 Å². The minimum Gasteiger partial charge on any atom is -0.340 e. The molecular formula is C15H12BrN3S. The van der Waals surface area contributed by atoms with Crippen LogP contribution in [0.2, 0.25) is 0 Å². The van der Waals surface area contributed by atoms with Crippen LogP contribution >= 0.6 is 27.7 Å². The zero-order valence-electron chi connectivity index (χ0n) is 10.8. The lowest BCUT2D eigenvalue weighted by atomic mass is 10.2. The van der Waals surface area contributed by atoms with Gasteiger partial charge >= 0.3 is 0 Å². The van der Waals surface area contributed by atoms with Crippen LogP contribution in [0.25, 0.3) is 10.9 Å². The van der Waals surface area contributed by atoms with Gasteiger partial charge in [-0.05, 0) is 42.7 Å². The van der Waals surface area contributed by atoms with Gasteiger partial charge in [0.05, 0.1) is 5.52 Å². The van der Waals surface area contributed by atoms with Crippen molar-refractivity contribution < 1.29 is 0 Å². The number of nitrogens with zero attached hydrogens (tertiary/aromatic N) is 2. The molecule has 2 aromatic carbocycles. The molecule has 0 spiro atoms. The van der Waals surface area contributed by atoms with Crippen molar-refractivity contribution in [2.24, 2.45) is 0 Å². The van der Waals surface area contributed by atoms with Gasteiger partial charge in [-0.1, -0.05) is 22.0 Å². The smallest absolute Gasteiger partial charge is 0.141 e. The Morgan fingerprint density at radius 3 is 2.85 bits per heavy atom. The highest BCUT2D eigenvalue weighted by molar-refractivity contribution is 9.10. The topological polar surface area (TPSA) is 37.8 Å². The first kappa shape index (κ1) is 13.4. The normalized spacial score (nSPS) is 10.7. The third-order valence-electron chi connectivity index (χ3n) is 2.93. The van der Waals surface area contributed by atoms with Gasteiger partial charge < -0.3 is 5.32 Å². The molecule has 3 nitrogen and oxygen atoms in total. The molecule has 5 heteroatoms. The van der Waals surface area contributed by atoms with Crippen molar-refractivity contribution in [3.05, 3.63) is 53.3 Å². The quantitative estimate of drug-likeness (QED) is 0.688. The first-order valence-corrected chi connectivity index (χ1v) is 8.09. The SMILES string of the molecule is CSc1cccc(Nc2ncnc3ccc(Br)cc23)c1. The summed E-state index contributed by atoms with van der Waals surface area (Å²) >= 11 is 5.21. The van der Waals surface area contributed by atoms with E-state index >= 15 is 0 Å². The molecule has 3 rings (SSSR count). The van der Waals surface area contributed by atoms with Crippen molar-refractivity contribution in [3.63, 3.8) is 0 Å². The standard InChI is InChI=1S/C15H12BrN3S/c1-20-12-4-2-3-11(8-12)19-15-13-7-10(16)5-6-14(13)17-9-18-15/h2-9H,1H3,(H,17,18,19). The monoisotopic (exact) mass is 345 g/mol. The summed E-state index contributed by atoms with van der Waals surface area (Å²) in [5, 5.41) is 4.36. The highest BCUT2D eigenvalue weighted by atomic mass is 79.9. The molecule has 0 saturated carbocycles. The summed E-state index contributed by atoms with van der Waals surface area (Å²) < 4.78 is 1.01. The third-order valence-corrected chi connectivity index (χ3v) is 4.15. The number of anilines is 2. The van der Waals surface area contributed by atoms with Gasteiger partial charge in [0.25, 0.3) is 0 Å². The van der Waals surface area contributed by atoms with E-state index in [0.29, 0.717) is 0 Å². The van der Waals surface area contributed by atoms with Crippen molar-refractivity contribution >= 4 is 50.1 Å². The van der Waals surface area contributed by atoms with E-state index in [1.807, 2.05) is 30.3 Å². The average molecular weight is 346 g/mol. The molecule has 3 aromatic rings. The van der Waals surface area contributed by atoms with Gasteiger partial charge in [0, 0.05) is 20.4 Å². The van der Waals surface area contributed by atoms with Gasteiger partial charge in [0.2, 0.25) is 0 Å². The summed E-state index contributed by atoms with van der Waals surface area (Å²) in [5.41, 5.74) is 1.95. The Kier molecular flexibility index (Phi) is 3.89. The fraction of sp³-hybridized carbons (Fsp3) is 0.0667. The molecule has 0 fully saturated rings. The Morgan fingerprint density at radius 1 is 1.10 bits per heavy atom. The molecule has 0 unspecified atom stereocenters. The highest BCUT2D eigenvalue weighted by Crippen LogP contribution is 2.27. The van der Waals surface area contributed by atoms with Crippen molar-refractivity contribution in [2.75, 3.05) is 11.6 Å². The lowest BCUT2D eigenvalue weighted by Crippen LogP contribution is -1.96. The molecule has 0 saturated heterocycles.